The Hall–Kier alpha value is -1.01. The average Bonchev–Trinajstić information content (AvgIpc) is 2.43. The van der Waals surface area contributed by atoms with Crippen molar-refractivity contribution in [1.82, 2.24) is 5.32 Å². The summed E-state index contributed by atoms with van der Waals surface area (Å²) in [5.41, 5.74) is 1.06. The van der Waals surface area contributed by atoms with Gasteiger partial charge in [0.05, 0.1) is 0 Å². The molecule has 0 saturated carbocycles. The van der Waals surface area contributed by atoms with Gasteiger partial charge < -0.3 is 10.4 Å². The summed E-state index contributed by atoms with van der Waals surface area (Å²) in [6, 6.07) is 6.99. The van der Waals surface area contributed by atoms with Gasteiger partial charge >= 0.3 is 5.97 Å². The molecule has 1 aromatic carbocycles. The van der Waals surface area contributed by atoms with Crippen LogP contribution in [0.5, 0.6) is 0 Å². The number of carboxylic acid groups (broad SMARTS) is 1. The van der Waals surface area contributed by atoms with Crippen molar-refractivity contribution < 1.29 is 14.7 Å². The molecule has 2 atom stereocenters. The molecule has 0 heterocycles. The van der Waals surface area contributed by atoms with Crippen LogP contribution in [-0.2, 0) is 9.59 Å². The number of nitrogens with one attached hydrogen (secondary N) is 1. The Morgan fingerprint density at radius 3 is 2.48 bits per heavy atom. The normalized spacial score (nSPS) is 13.5. The summed E-state index contributed by atoms with van der Waals surface area (Å²) in [7, 11) is 0. The van der Waals surface area contributed by atoms with E-state index >= 15 is 0 Å². The quantitative estimate of drug-likeness (QED) is 0.733. The maximum absolute atomic E-state index is 12.0. The monoisotopic (exact) mass is 373 g/mol. The maximum Gasteiger partial charge on any atom is 0.326 e. The molecule has 0 spiro atoms. The Morgan fingerprint density at radius 2 is 1.95 bits per heavy atom. The number of rotatable bonds is 8. The van der Waals surface area contributed by atoms with E-state index in [0.29, 0.717) is 12.2 Å². The molecule has 2 unspecified atom stereocenters. The molecule has 0 radical (unpaired) electrons. The highest BCUT2D eigenvalue weighted by molar-refractivity contribution is 9.10. The molecule has 0 aliphatic heterocycles. The van der Waals surface area contributed by atoms with Crippen LogP contribution in [0.15, 0.2) is 28.7 Å². The van der Waals surface area contributed by atoms with Crippen LogP contribution in [0.3, 0.4) is 0 Å². The fourth-order valence-corrected chi connectivity index (χ4v) is 2.67. The fourth-order valence-electron chi connectivity index (χ4n) is 1.93. The third-order valence-electron chi connectivity index (χ3n) is 3.17. The lowest BCUT2D eigenvalue weighted by molar-refractivity contribution is -0.141. The predicted octanol–water partition coefficient (Wildman–Crippen LogP) is 3.27. The van der Waals surface area contributed by atoms with Gasteiger partial charge in [0.15, 0.2) is 0 Å². The highest BCUT2D eigenvalue weighted by Crippen LogP contribution is 2.21. The van der Waals surface area contributed by atoms with Gasteiger partial charge in [-0.15, -0.1) is 0 Å². The second-order valence-electron chi connectivity index (χ2n) is 4.90. The van der Waals surface area contributed by atoms with E-state index in [-0.39, 0.29) is 18.2 Å². The molecule has 1 aromatic rings. The number of carbonyl (C=O) groups excluding carboxylic acids is 1. The first kappa shape index (κ1) is 18.0. The van der Waals surface area contributed by atoms with E-state index in [1.165, 1.54) is 0 Å². The van der Waals surface area contributed by atoms with E-state index in [1.54, 1.807) is 11.8 Å². The molecular formula is C15H20BrNO3S. The van der Waals surface area contributed by atoms with Crippen molar-refractivity contribution >= 4 is 39.6 Å². The predicted molar refractivity (Wildman–Crippen MR) is 89.7 cm³/mol. The van der Waals surface area contributed by atoms with Gasteiger partial charge in [-0.2, -0.15) is 11.8 Å². The van der Waals surface area contributed by atoms with E-state index in [0.717, 1.165) is 10.0 Å². The van der Waals surface area contributed by atoms with Crippen molar-refractivity contribution in [3.63, 3.8) is 0 Å². The molecule has 116 valence electrons. The summed E-state index contributed by atoms with van der Waals surface area (Å²) in [6.07, 6.45) is 2.63. The summed E-state index contributed by atoms with van der Waals surface area (Å²) < 4.78 is 0.992. The first-order valence-corrected chi connectivity index (χ1v) is 8.89. The Labute approximate surface area is 137 Å². The fraction of sp³-hybridized carbons (Fsp3) is 0.467. The number of aliphatic carboxylic acids is 1. The van der Waals surface area contributed by atoms with Crippen LogP contribution < -0.4 is 5.32 Å². The van der Waals surface area contributed by atoms with Crippen LogP contribution >= 0.6 is 27.7 Å². The molecule has 21 heavy (non-hydrogen) atoms. The zero-order valence-electron chi connectivity index (χ0n) is 12.1. The number of benzene rings is 1. The van der Waals surface area contributed by atoms with E-state index in [1.807, 2.05) is 37.4 Å². The van der Waals surface area contributed by atoms with Crippen LogP contribution in [0.4, 0.5) is 0 Å². The standard InChI is InChI=1S/C15H20BrNO3S/c1-10(11-3-5-12(16)6-4-11)9-14(18)17-13(15(19)20)7-8-21-2/h3-6,10,13H,7-9H2,1-2H3,(H,17,18)(H,19,20). The molecule has 0 fully saturated rings. The van der Waals surface area contributed by atoms with E-state index in [4.69, 9.17) is 5.11 Å². The molecule has 1 amide bonds. The smallest absolute Gasteiger partial charge is 0.326 e. The molecule has 0 aliphatic carbocycles. The van der Waals surface area contributed by atoms with Crippen LogP contribution in [-0.4, -0.2) is 35.0 Å². The van der Waals surface area contributed by atoms with E-state index in [2.05, 4.69) is 21.2 Å². The molecule has 6 heteroatoms. The second kappa shape index (κ2) is 9.10. The molecule has 0 bridgehead atoms. The summed E-state index contributed by atoms with van der Waals surface area (Å²) >= 11 is 4.94. The first-order valence-electron chi connectivity index (χ1n) is 6.70. The third-order valence-corrected chi connectivity index (χ3v) is 4.35. The van der Waals surface area contributed by atoms with E-state index in [9.17, 15) is 9.59 Å². The minimum Gasteiger partial charge on any atom is -0.480 e. The minimum absolute atomic E-state index is 0.0492. The lowest BCUT2D eigenvalue weighted by atomic mass is 9.97. The number of hydrogen-bond acceptors (Lipinski definition) is 3. The molecule has 1 rings (SSSR count). The highest BCUT2D eigenvalue weighted by Gasteiger charge is 2.20. The lowest BCUT2D eigenvalue weighted by Gasteiger charge is -2.16. The Morgan fingerprint density at radius 1 is 1.33 bits per heavy atom. The number of thioether (sulfide) groups is 1. The van der Waals surface area contributed by atoms with Crippen LogP contribution in [0.2, 0.25) is 0 Å². The second-order valence-corrected chi connectivity index (χ2v) is 6.80. The molecule has 0 aromatic heterocycles. The maximum atomic E-state index is 12.0. The summed E-state index contributed by atoms with van der Waals surface area (Å²) in [6.45, 7) is 1.96. The van der Waals surface area contributed by atoms with Crippen molar-refractivity contribution in [2.75, 3.05) is 12.0 Å². The summed E-state index contributed by atoms with van der Waals surface area (Å²) in [5.74, 6) is -0.444. The van der Waals surface area contributed by atoms with Crippen LogP contribution in [0.1, 0.15) is 31.2 Å². The van der Waals surface area contributed by atoms with Crippen LogP contribution in [0.25, 0.3) is 0 Å². The van der Waals surface area contributed by atoms with E-state index < -0.39 is 12.0 Å². The Kier molecular flexibility index (Phi) is 7.82. The summed E-state index contributed by atoms with van der Waals surface area (Å²) in [5, 5.41) is 11.7. The molecule has 4 nitrogen and oxygen atoms in total. The Balaban J connectivity index is 2.54. The molecular weight excluding hydrogens is 354 g/mol. The third kappa shape index (κ3) is 6.52. The average molecular weight is 374 g/mol. The van der Waals surface area contributed by atoms with Gasteiger partial charge in [-0.05, 0) is 42.0 Å². The number of carboxylic acids is 1. The van der Waals surface area contributed by atoms with Gasteiger partial charge in [-0.3, -0.25) is 4.79 Å². The lowest BCUT2D eigenvalue weighted by Crippen LogP contribution is -2.41. The van der Waals surface area contributed by atoms with Gasteiger partial charge in [-0.25, -0.2) is 4.79 Å². The zero-order chi connectivity index (χ0) is 15.8. The molecule has 0 saturated heterocycles. The number of halogens is 1. The zero-order valence-corrected chi connectivity index (χ0v) is 14.5. The van der Waals surface area contributed by atoms with Gasteiger partial charge in [0, 0.05) is 10.9 Å². The Bertz CT molecular complexity index is 478. The number of hydrogen-bond donors (Lipinski definition) is 2. The molecule has 0 aliphatic rings. The van der Waals surface area contributed by atoms with Crippen molar-refractivity contribution in [1.29, 1.82) is 0 Å². The molecule has 2 N–H and O–H groups in total. The SMILES string of the molecule is CSCCC(NC(=O)CC(C)c1ccc(Br)cc1)C(=O)O. The topological polar surface area (TPSA) is 66.4 Å². The largest absolute Gasteiger partial charge is 0.480 e. The van der Waals surface area contributed by atoms with Gasteiger partial charge in [0.25, 0.3) is 0 Å². The van der Waals surface area contributed by atoms with Crippen molar-refractivity contribution in [2.45, 2.75) is 31.7 Å². The minimum atomic E-state index is -0.978. The van der Waals surface area contributed by atoms with Crippen molar-refractivity contribution in [2.24, 2.45) is 0 Å². The number of amides is 1. The van der Waals surface area contributed by atoms with Gasteiger partial charge in [0.1, 0.15) is 6.04 Å². The van der Waals surface area contributed by atoms with Crippen molar-refractivity contribution in [3.8, 4) is 0 Å². The van der Waals surface area contributed by atoms with Crippen LogP contribution in [0, 0.1) is 0 Å². The van der Waals surface area contributed by atoms with Gasteiger partial charge in [0.2, 0.25) is 5.91 Å². The number of carbonyl (C=O) groups is 2. The summed E-state index contributed by atoms with van der Waals surface area (Å²) in [4.78, 5) is 23.1. The van der Waals surface area contributed by atoms with Gasteiger partial charge in [-0.1, -0.05) is 35.0 Å². The highest BCUT2D eigenvalue weighted by atomic mass is 79.9. The van der Waals surface area contributed by atoms with Crippen molar-refractivity contribution in [3.05, 3.63) is 34.3 Å². The first-order chi connectivity index (χ1) is 9.93.